The highest BCUT2D eigenvalue weighted by Gasteiger charge is 2.47. The van der Waals surface area contributed by atoms with Gasteiger partial charge in [-0.25, -0.2) is 9.13 Å². The lowest BCUT2D eigenvalue weighted by Crippen LogP contribution is -2.58. The average Bonchev–Trinajstić information content (AvgIpc) is 2.26. The summed E-state index contributed by atoms with van der Waals surface area (Å²) in [5.74, 6) is 0. The summed E-state index contributed by atoms with van der Waals surface area (Å²) in [6.45, 7) is -0.820. The van der Waals surface area contributed by atoms with Crippen LogP contribution in [0.5, 0.6) is 0 Å². The first-order chi connectivity index (χ1) is 8.97. The molecule has 0 radical (unpaired) electrons. The maximum absolute atomic E-state index is 11.2. The smallest absolute Gasteiger partial charge is 0.394 e. The number of aliphatic hydroxyl groups excluding tert-OH is 4. The van der Waals surface area contributed by atoms with Gasteiger partial charge in [0.1, 0.15) is 24.4 Å². The molecule has 0 spiro atoms. The molecule has 0 aromatic heterocycles. The van der Waals surface area contributed by atoms with Crippen molar-refractivity contribution < 1.29 is 57.8 Å². The minimum absolute atomic E-state index is 0.820. The summed E-state index contributed by atoms with van der Waals surface area (Å²) in [5.41, 5.74) is 0. The summed E-state index contributed by atoms with van der Waals surface area (Å²) in [5, 5.41) is 37.1. The molecule has 1 saturated heterocycles. The van der Waals surface area contributed by atoms with E-state index >= 15 is 0 Å². The number of hydrogen-bond donors (Lipinski definition) is 7. The molecular weight excluding hydrogens is 326 g/mol. The van der Waals surface area contributed by atoms with Crippen molar-refractivity contribution in [1.29, 1.82) is 0 Å². The highest BCUT2D eigenvalue weighted by atomic mass is 31.3. The molecule has 14 heteroatoms. The van der Waals surface area contributed by atoms with Crippen molar-refractivity contribution in [3.05, 3.63) is 0 Å². The second-order valence-electron chi connectivity index (χ2n) is 3.84. The second-order valence-corrected chi connectivity index (χ2v) is 6.63. The van der Waals surface area contributed by atoms with Crippen LogP contribution < -0.4 is 0 Å². The van der Waals surface area contributed by atoms with E-state index in [0.717, 1.165) is 0 Å². The van der Waals surface area contributed by atoms with E-state index in [1.54, 1.807) is 0 Å². The topological polar surface area (TPSA) is 203 Å². The zero-order valence-electron chi connectivity index (χ0n) is 9.66. The standard InChI is InChI=1S/C6H14O12P2/c7-1-2-3(8)4(9)5(10)6(16-2)17-20(14,15)18-19(11,12)13/h2-10H,1H2,(H,14,15)(H2,11,12,13)/t2-,3+,4-,5+,6?/m1/s1. The summed E-state index contributed by atoms with van der Waals surface area (Å²) in [6, 6.07) is 0. The molecule has 6 atom stereocenters. The van der Waals surface area contributed by atoms with Crippen molar-refractivity contribution in [2.24, 2.45) is 0 Å². The van der Waals surface area contributed by atoms with Gasteiger partial charge < -0.3 is 39.8 Å². The fourth-order valence-electron chi connectivity index (χ4n) is 1.44. The largest absolute Gasteiger partial charge is 0.483 e. The molecule has 0 amide bonds. The van der Waals surface area contributed by atoms with Crippen LogP contribution in [0, 0.1) is 0 Å². The van der Waals surface area contributed by atoms with E-state index in [9.17, 15) is 24.4 Å². The van der Waals surface area contributed by atoms with Crippen molar-refractivity contribution in [2.75, 3.05) is 6.61 Å². The molecule has 0 aromatic carbocycles. The van der Waals surface area contributed by atoms with Crippen LogP contribution >= 0.6 is 15.6 Å². The molecule has 0 aliphatic carbocycles. The molecule has 12 nitrogen and oxygen atoms in total. The first-order valence-electron chi connectivity index (χ1n) is 5.05. The predicted octanol–water partition coefficient (Wildman–Crippen LogP) is -2.99. The number of hydrogen-bond acceptors (Lipinski definition) is 9. The molecule has 2 unspecified atom stereocenters. The Balaban J connectivity index is 2.80. The summed E-state index contributed by atoms with van der Waals surface area (Å²) in [6.07, 6.45) is -9.12. The Kier molecular flexibility index (Phi) is 5.83. The van der Waals surface area contributed by atoms with Crippen molar-refractivity contribution in [2.45, 2.75) is 30.7 Å². The maximum atomic E-state index is 11.2. The van der Waals surface area contributed by atoms with Crippen LogP contribution in [0.1, 0.15) is 0 Å². The molecule has 1 aliphatic rings. The molecule has 1 heterocycles. The Hall–Kier alpha value is 0.0600. The van der Waals surface area contributed by atoms with Gasteiger partial charge in [0.25, 0.3) is 0 Å². The van der Waals surface area contributed by atoms with Crippen LogP contribution in [0.15, 0.2) is 0 Å². The predicted molar refractivity (Wildman–Crippen MR) is 57.8 cm³/mol. The van der Waals surface area contributed by atoms with Crippen LogP contribution in [0.4, 0.5) is 0 Å². The van der Waals surface area contributed by atoms with Crippen LogP contribution in [0.25, 0.3) is 0 Å². The summed E-state index contributed by atoms with van der Waals surface area (Å²) in [7, 11) is -10.7. The highest BCUT2D eigenvalue weighted by molar-refractivity contribution is 7.60. The van der Waals surface area contributed by atoms with E-state index in [1.807, 2.05) is 0 Å². The Morgan fingerprint density at radius 1 is 1.00 bits per heavy atom. The first-order valence-corrected chi connectivity index (χ1v) is 8.08. The van der Waals surface area contributed by atoms with Gasteiger partial charge in [-0.2, -0.15) is 4.31 Å². The third-order valence-electron chi connectivity index (χ3n) is 2.30. The number of phosphoric acid groups is 2. The van der Waals surface area contributed by atoms with Gasteiger partial charge >= 0.3 is 15.6 Å². The third-order valence-corrected chi connectivity index (χ3v) is 4.45. The van der Waals surface area contributed by atoms with Gasteiger partial charge in [-0.1, -0.05) is 0 Å². The summed E-state index contributed by atoms with van der Waals surface area (Å²) >= 11 is 0. The number of ether oxygens (including phenoxy) is 1. The minimum Gasteiger partial charge on any atom is -0.394 e. The minimum atomic E-state index is -5.36. The van der Waals surface area contributed by atoms with E-state index in [2.05, 4.69) is 13.6 Å². The zero-order valence-corrected chi connectivity index (χ0v) is 11.4. The summed E-state index contributed by atoms with van der Waals surface area (Å²) in [4.78, 5) is 25.8. The van der Waals surface area contributed by atoms with E-state index < -0.39 is 53.0 Å². The lowest BCUT2D eigenvalue weighted by molar-refractivity contribution is -0.280. The molecule has 120 valence electrons. The molecule has 20 heavy (non-hydrogen) atoms. The molecule has 7 N–H and O–H groups in total. The van der Waals surface area contributed by atoms with E-state index in [4.69, 9.17) is 19.8 Å². The lowest BCUT2D eigenvalue weighted by Gasteiger charge is -2.39. The van der Waals surface area contributed by atoms with Crippen LogP contribution in [0.3, 0.4) is 0 Å². The van der Waals surface area contributed by atoms with Crippen molar-refractivity contribution in [3.63, 3.8) is 0 Å². The normalized spacial score (nSPS) is 38.5. The number of phosphoric ester groups is 1. The molecule has 1 fully saturated rings. The molecule has 1 aliphatic heterocycles. The molecule has 0 aromatic rings. The van der Waals surface area contributed by atoms with E-state index in [0.29, 0.717) is 0 Å². The van der Waals surface area contributed by atoms with Gasteiger partial charge in [0.05, 0.1) is 6.61 Å². The average molecular weight is 340 g/mol. The molecule has 1 rings (SSSR count). The van der Waals surface area contributed by atoms with Gasteiger partial charge in [0.15, 0.2) is 6.29 Å². The van der Waals surface area contributed by atoms with Gasteiger partial charge in [0, 0.05) is 0 Å². The van der Waals surface area contributed by atoms with Gasteiger partial charge in [-0.15, -0.1) is 0 Å². The van der Waals surface area contributed by atoms with E-state index in [1.165, 1.54) is 0 Å². The lowest BCUT2D eigenvalue weighted by atomic mass is 10.00. The van der Waals surface area contributed by atoms with Crippen molar-refractivity contribution in [3.8, 4) is 0 Å². The molecular formula is C6H14O12P2. The van der Waals surface area contributed by atoms with E-state index in [-0.39, 0.29) is 0 Å². The fourth-order valence-corrected chi connectivity index (χ4v) is 3.11. The van der Waals surface area contributed by atoms with Crippen LogP contribution in [0.2, 0.25) is 0 Å². The quantitative estimate of drug-likeness (QED) is 0.250. The second kappa shape index (κ2) is 6.44. The van der Waals surface area contributed by atoms with Crippen LogP contribution in [-0.2, 0) is 22.7 Å². The van der Waals surface area contributed by atoms with Gasteiger partial charge in [-0.05, 0) is 0 Å². The summed E-state index contributed by atoms with van der Waals surface area (Å²) < 4.78 is 34.0. The molecule has 0 saturated carbocycles. The highest BCUT2D eigenvalue weighted by Crippen LogP contribution is 2.58. The first kappa shape index (κ1) is 18.1. The Bertz CT molecular complexity index is 418. The SMILES string of the molecule is O=P(O)(O)OP(=O)(O)OC1O[C@H](CO)[C@H](O)[C@@H](O)[C@@H]1O. The third kappa shape index (κ3) is 4.81. The van der Waals surface area contributed by atoms with Crippen molar-refractivity contribution in [1.82, 2.24) is 0 Å². The Labute approximate surface area is 112 Å². The van der Waals surface area contributed by atoms with Gasteiger partial charge in [-0.3, -0.25) is 4.52 Å². The maximum Gasteiger partial charge on any atom is 0.483 e. The zero-order chi connectivity index (χ0) is 15.7. The van der Waals surface area contributed by atoms with Crippen LogP contribution in [-0.4, -0.2) is 72.4 Å². The Morgan fingerprint density at radius 3 is 2.00 bits per heavy atom. The number of rotatable bonds is 5. The monoisotopic (exact) mass is 340 g/mol. The fraction of sp³-hybridized carbons (Fsp3) is 1.00. The molecule has 0 bridgehead atoms. The number of aliphatic hydroxyl groups is 4. The van der Waals surface area contributed by atoms with Gasteiger partial charge in [0.2, 0.25) is 0 Å². The van der Waals surface area contributed by atoms with Crippen molar-refractivity contribution >= 4 is 15.6 Å². The Morgan fingerprint density at radius 2 is 1.55 bits per heavy atom.